The maximum Gasteiger partial charge on any atom is 0.214 e. The molecule has 0 aliphatic heterocycles. The van der Waals surface area contributed by atoms with Crippen molar-refractivity contribution in [3.63, 3.8) is 0 Å². The molecule has 0 unspecified atom stereocenters. The van der Waals surface area contributed by atoms with Crippen molar-refractivity contribution in [2.45, 2.75) is 24.8 Å². The molecule has 0 fully saturated rings. The molecule has 0 radical (unpaired) electrons. The molecule has 3 rings (SSSR count). The van der Waals surface area contributed by atoms with Crippen molar-refractivity contribution in [1.82, 2.24) is 20.2 Å². The summed E-state index contributed by atoms with van der Waals surface area (Å²) in [6.07, 6.45) is 0. The van der Waals surface area contributed by atoms with Gasteiger partial charge in [0.1, 0.15) is 5.75 Å². The highest BCUT2D eigenvalue weighted by Gasteiger charge is 2.14. The Bertz CT molecular complexity index is 845. The number of thioether (sulfide) groups is 1. The Morgan fingerprint density at radius 2 is 1.92 bits per heavy atom. The second kappa shape index (κ2) is 7.23. The molecule has 0 aliphatic rings. The number of aryl methyl sites for hydroxylation is 2. The van der Waals surface area contributed by atoms with Gasteiger partial charge in [-0.05, 0) is 53.6 Å². The Hall–Kier alpha value is -2.05. The van der Waals surface area contributed by atoms with Crippen molar-refractivity contribution in [1.29, 1.82) is 0 Å². The van der Waals surface area contributed by atoms with Crippen LogP contribution in [0.5, 0.6) is 5.75 Å². The van der Waals surface area contributed by atoms with Gasteiger partial charge in [0.05, 0.1) is 12.8 Å². The van der Waals surface area contributed by atoms with Crippen LogP contribution in [0.15, 0.2) is 41.6 Å². The quantitative estimate of drug-likeness (QED) is 0.637. The number of tetrazole rings is 1. The van der Waals surface area contributed by atoms with Crippen LogP contribution >= 0.6 is 23.4 Å². The predicted octanol–water partition coefficient (Wildman–Crippen LogP) is 4.23. The fourth-order valence-corrected chi connectivity index (χ4v) is 3.60. The van der Waals surface area contributed by atoms with E-state index in [0.717, 1.165) is 33.3 Å². The minimum atomic E-state index is 0.662. The zero-order valence-electron chi connectivity index (χ0n) is 13.7. The number of hydrogen-bond donors (Lipinski definition) is 0. The third-order valence-electron chi connectivity index (χ3n) is 3.69. The second-order valence-electron chi connectivity index (χ2n) is 5.36. The predicted molar refractivity (Wildman–Crippen MR) is 96.2 cm³/mol. The third kappa shape index (κ3) is 3.39. The van der Waals surface area contributed by atoms with Crippen molar-refractivity contribution in [3.8, 4) is 11.4 Å². The fraction of sp³-hybridized carbons (Fsp3) is 0.235. The third-order valence-corrected chi connectivity index (χ3v) is 4.89. The van der Waals surface area contributed by atoms with E-state index in [0.29, 0.717) is 10.8 Å². The van der Waals surface area contributed by atoms with E-state index < -0.39 is 0 Å². The molecule has 5 nitrogen and oxygen atoms in total. The van der Waals surface area contributed by atoms with Crippen LogP contribution in [-0.2, 0) is 5.75 Å². The van der Waals surface area contributed by atoms with E-state index in [1.807, 2.05) is 24.3 Å². The van der Waals surface area contributed by atoms with Crippen molar-refractivity contribution >= 4 is 23.4 Å². The summed E-state index contributed by atoms with van der Waals surface area (Å²) in [6.45, 7) is 4.11. The number of benzene rings is 2. The molecule has 3 aromatic rings. The van der Waals surface area contributed by atoms with Crippen LogP contribution in [0, 0.1) is 13.8 Å². The first-order valence-corrected chi connectivity index (χ1v) is 8.76. The van der Waals surface area contributed by atoms with Gasteiger partial charge in [0, 0.05) is 16.3 Å². The summed E-state index contributed by atoms with van der Waals surface area (Å²) in [6, 6.07) is 11.7. The second-order valence-corrected chi connectivity index (χ2v) is 6.74. The maximum atomic E-state index is 6.09. The largest absolute Gasteiger partial charge is 0.496 e. The molecule has 0 saturated carbocycles. The summed E-state index contributed by atoms with van der Waals surface area (Å²) in [4.78, 5) is 0. The summed E-state index contributed by atoms with van der Waals surface area (Å²) in [5.74, 6) is 1.47. The molecule has 0 saturated heterocycles. The van der Waals surface area contributed by atoms with Gasteiger partial charge in [0.15, 0.2) is 0 Å². The SMILES string of the molecule is COc1ccc(Cl)cc1CSc1nnnn1-c1c(C)cccc1C. The lowest BCUT2D eigenvalue weighted by Crippen LogP contribution is -2.04. The Balaban J connectivity index is 1.89. The molecule has 0 aliphatic carbocycles. The zero-order chi connectivity index (χ0) is 17.1. The number of rotatable bonds is 5. The Labute approximate surface area is 150 Å². The molecule has 0 amide bonds. The first-order valence-electron chi connectivity index (χ1n) is 7.40. The number of para-hydroxylation sites is 1. The number of hydrogen-bond acceptors (Lipinski definition) is 5. The first kappa shape index (κ1) is 16.8. The van der Waals surface area contributed by atoms with Gasteiger partial charge in [-0.15, -0.1) is 5.10 Å². The van der Waals surface area contributed by atoms with Crippen LogP contribution < -0.4 is 4.74 Å². The van der Waals surface area contributed by atoms with E-state index in [1.165, 1.54) is 0 Å². The average molecular weight is 361 g/mol. The van der Waals surface area contributed by atoms with Gasteiger partial charge in [-0.25, -0.2) is 0 Å². The molecular formula is C17H17ClN4OS. The number of methoxy groups -OCH3 is 1. The summed E-state index contributed by atoms with van der Waals surface area (Å²) < 4.78 is 7.18. The highest BCUT2D eigenvalue weighted by molar-refractivity contribution is 7.98. The highest BCUT2D eigenvalue weighted by atomic mass is 35.5. The van der Waals surface area contributed by atoms with Gasteiger partial charge in [-0.3, -0.25) is 0 Å². The van der Waals surface area contributed by atoms with E-state index in [2.05, 4.69) is 41.5 Å². The average Bonchev–Trinajstić information content (AvgIpc) is 3.01. The van der Waals surface area contributed by atoms with E-state index >= 15 is 0 Å². The van der Waals surface area contributed by atoms with Crippen molar-refractivity contribution in [3.05, 3.63) is 58.1 Å². The van der Waals surface area contributed by atoms with Gasteiger partial charge in [0.2, 0.25) is 5.16 Å². The number of aromatic nitrogens is 4. The molecule has 0 spiro atoms. The standard InChI is InChI=1S/C17H17ClN4OS/c1-11-5-4-6-12(2)16(11)22-17(19-20-21-22)24-10-13-9-14(18)7-8-15(13)23-3/h4-9H,10H2,1-3H3. The van der Waals surface area contributed by atoms with Crippen LogP contribution in [0.1, 0.15) is 16.7 Å². The van der Waals surface area contributed by atoms with E-state index in [-0.39, 0.29) is 0 Å². The van der Waals surface area contributed by atoms with Gasteiger partial charge in [0.25, 0.3) is 0 Å². The molecule has 7 heteroatoms. The minimum absolute atomic E-state index is 0.662. The van der Waals surface area contributed by atoms with Gasteiger partial charge >= 0.3 is 0 Å². The Morgan fingerprint density at radius 1 is 1.17 bits per heavy atom. The molecule has 1 heterocycles. The van der Waals surface area contributed by atoms with Crippen molar-refractivity contribution in [2.75, 3.05) is 7.11 Å². The zero-order valence-corrected chi connectivity index (χ0v) is 15.2. The van der Waals surface area contributed by atoms with Crippen LogP contribution in [-0.4, -0.2) is 27.3 Å². The van der Waals surface area contributed by atoms with E-state index in [1.54, 1.807) is 23.6 Å². The highest BCUT2D eigenvalue weighted by Crippen LogP contribution is 2.30. The van der Waals surface area contributed by atoms with Crippen LogP contribution in [0.3, 0.4) is 0 Å². The number of nitrogens with zero attached hydrogens (tertiary/aromatic N) is 4. The molecule has 0 atom stereocenters. The molecule has 0 bridgehead atoms. The minimum Gasteiger partial charge on any atom is -0.496 e. The smallest absolute Gasteiger partial charge is 0.214 e. The van der Waals surface area contributed by atoms with Crippen LogP contribution in [0.2, 0.25) is 5.02 Å². The summed E-state index contributed by atoms with van der Waals surface area (Å²) >= 11 is 7.64. The normalized spacial score (nSPS) is 10.8. The first-order chi connectivity index (χ1) is 11.6. The molecular weight excluding hydrogens is 344 g/mol. The van der Waals surface area contributed by atoms with Crippen LogP contribution in [0.4, 0.5) is 0 Å². The molecule has 1 aromatic heterocycles. The van der Waals surface area contributed by atoms with Crippen molar-refractivity contribution < 1.29 is 4.74 Å². The topological polar surface area (TPSA) is 52.8 Å². The number of ether oxygens (including phenoxy) is 1. The molecule has 24 heavy (non-hydrogen) atoms. The summed E-state index contributed by atoms with van der Waals surface area (Å²) in [5, 5.41) is 13.6. The summed E-state index contributed by atoms with van der Waals surface area (Å²) in [5.41, 5.74) is 4.28. The van der Waals surface area contributed by atoms with E-state index in [4.69, 9.17) is 16.3 Å². The van der Waals surface area contributed by atoms with Gasteiger partial charge < -0.3 is 4.74 Å². The lowest BCUT2D eigenvalue weighted by molar-refractivity contribution is 0.411. The number of halogens is 1. The lowest BCUT2D eigenvalue weighted by atomic mass is 10.1. The van der Waals surface area contributed by atoms with E-state index in [9.17, 15) is 0 Å². The Kier molecular flexibility index (Phi) is 5.06. The van der Waals surface area contributed by atoms with Gasteiger partial charge in [-0.1, -0.05) is 41.6 Å². The van der Waals surface area contributed by atoms with Gasteiger partial charge in [-0.2, -0.15) is 4.68 Å². The Morgan fingerprint density at radius 3 is 2.62 bits per heavy atom. The maximum absolute atomic E-state index is 6.09. The molecule has 0 N–H and O–H groups in total. The fourth-order valence-electron chi connectivity index (χ4n) is 2.55. The monoisotopic (exact) mass is 360 g/mol. The lowest BCUT2D eigenvalue weighted by Gasteiger charge is -2.11. The molecule has 124 valence electrons. The molecule has 2 aromatic carbocycles. The van der Waals surface area contributed by atoms with Crippen molar-refractivity contribution in [2.24, 2.45) is 0 Å². The summed E-state index contributed by atoms with van der Waals surface area (Å²) in [7, 11) is 1.65. The van der Waals surface area contributed by atoms with Crippen LogP contribution in [0.25, 0.3) is 5.69 Å².